The molecule has 0 aromatic heterocycles. The fraction of sp³-hybridized carbons (Fsp3) is 0.333. The average Bonchev–Trinajstić information content (AvgIpc) is 2.44. The van der Waals surface area contributed by atoms with Crippen molar-refractivity contribution < 1.29 is 4.39 Å². The number of halogens is 2. The van der Waals surface area contributed by atoms with Crippen LogP contribution in [0.5, 0.6) is 0 Å². The third-order valence-electron chi connectivity index (χ3n) is 3.67. The zero-order chi connectivity index (χ0) is 15.4. The lowest BCUT2D eigenvalue weighted by molar-refractivity contribution is 0.546. The smallest absolute Gasteiger partial charge is 0.126 e. The van der Waals surface area contributed by atoms with E-state index in [0.717, 1.165) is 34.7 Å². The molecule has 21 heavy (non-hydrogen) atoms. The second-order valence-electron chi connectivity index (χ2n) is 5.42. The molecule has 0 aliphatic rings. The number of nitrogens with one attached hydrogen (secondary N) is 1. The van der Waals surface area contributed by atoms with Gasteiger partial charge in [-0.25, -0.2) is 4.39 Å². The Morgan fingerprint density at radius 3 is 2.52 bits per heavy atom. The van der Waals surface area contributed by atoms with Gasteiger partial charge in [-0.2, -0.15) is 0 Å². The van der Waals surface area contributed by atoms with Gasteiger partial charge >= 0.3 is 0 Å². The molecule has 3 heteroatoms. The molecule has 0 fully saturated rings. The lowest BCUT2D eigenvalue weighted by Crippen LogP contribution is -2.23. The molecule has 2 aromatic rings. The van der Waals surface area contributed by atoms with Gasteiger partial charge in [0.2, 0.25) is 0 Å². The van der Waals surface area contributed by atoms with Crippen molar-refractivity contribution in [1.29, 1.82) is 0 Å². The number of rotatable bonds is 5. The molecular weight excluding hydrogens is 285 g/mol. The Hall–Kier alpha value is -1.38. The summed E-state index contributed by atoms with van der Waals surface area (Å²) in [6.07, 6.45) is 0.790. The Kier molecular flexibility index (Phi) is 5.38. The van der Waals surface area contributed by atoms with Crippen LogP contribution in [0, 0.1) is 19.7 Å². The SMILES string of the molecule is CCNC(Cc1ccc(C)cc1Cl)c1ccc(F)c(C)c1. The molecule has 0 spiro atoms. The minimum atomic E-state index is -0.164. The molecule has 112 valence electrons. The van der Waals surface area contributed by atoms with Crippen LogP contribution in [-0.2, 0) is 6.42 Å². The summed E-state index contributed by atoms with van der Waals surface area (Å²) in [4.78, 5) is 0. The number of aryl methyl sites for hydroxylation is 2. The minimum absolute atomic E-state index is 0.134. The molecule has 1 atom stereocenters. The van der Waals surface area contributed by atoms with Gasteiger partial charge in [0.15, 0.2) is 0 Å². The van der Waals surface area contributed by atoms with E-state index in [0.29, 0.717) is 5.56 Å². The Morgan fingerprint density at radius 1 is 1.14 bits per heavy atom. The first-order chi connectivity index (χ1) is 10.0. The molecule has 0 aliphatic heterocycles. The second kappa shape index (κ2) is 7.06. The van der Waals surface area contributed by atoms with Crippen molar-refractivity contribution >= 4 is 11.6 Å². The monoisotopic (exact) mass is 305 g/mol. The van der Waals surface area contributed by atoms with Crippen LogP contribution >= 0.6 is 11.6 Å². The summed E-state index contributed by atoms with van der Waals surface area (Å²) in [6, 6.07) is 11.5. The summed E-state index contributed by atoms with van der Waals surface area (Å²) < 4.78 is 13.4. The van der Waals surface area contributed by atoms with Gasteiger partial charge in [-0.15, -0.1) is 0 Å². The summed E-state index contributed by atoms with van der Waals surface area (Å²) in [5, 5.41) is 4.24. The molecule has 0 aliphatic carbocycles. The van der Waals surface area contributed by atoms with Crippen LogP contribution in [0.15, 0.2) is 36.4 Å². The van der Waals surface area contributed by atoms with E-state index in [9.17, 15) is 4.39 Å². The normalized spacial score (nSPS) is 12.4. The average molecular weight is 306 g/mol. The first kappa shape index (κ1) is 16.0. The maximum absolute atomic E-state index is 13.4. The van der Waals surface area contributed by atoms with Crippen LogP contribution in [0.2, 0.25) is 5.02 Å². The zero-order valence-corrected chi connectivity index (χ0v) is 13.5. The van der Waals surface area contributed by atoms with Gasteiger partial charge in [-0.1, -0.05) is 42.8 Å². The van der Waals surface area contributed by atoms with Gasteiger partial charge in [-0.3, -0.25) is 0 Å². The Bertz CT molecular complexity index is 625. The quantitative estimate of drug-likeness (QED) is 0.820. The highest BCUT2D eigenvalue weighted by molar-refractivity contribution is 6.31. The van der Waals surface area contributed by atoms with Crippen molar-refractivity contribution in [3.8, 4) is 0 Å². The van der Waals surface area contributed by atoms with E-state index in [1.165, 1.54) is 6.07 Å². The summed E-state index contributed by atoms with van der Waals surface area (Å²) in [5.74, 6) is -0.164. The summed E-state index contributed by atoms with van der Waals surface area (Å²) in [5.41, 5.74) is 4.02. The highest BCUT2D eigenvalue weighted by Crippen LogP contribution is 2.25. The largest absolute Gasteiger partial charge is 0.310 e. The van der Waals surface area contributed by atoms with Crippen molar-refractivity contribution in [3.63, 3.8) is 0 Å². The molecule has 1 nitrogen and oxygen atoms in total. The van der Waals surface area contributed by atoms with Crippen LogP contribution in [0.3, 0.4) is 0 Å². The zero-order valence-electron chi connectivity index (χ0n) is 12.7. The first-order valence-electron chi connectivity index (χ1n) is 7.25. The van der Waals surface area contributed by atoms with Crippen molar-refractivity contribution in [2.24, 2.45) is 0 Å². The Balaban J connectivity index is 2.28. The van der Waals surface area contributed by atoms with E-state index >= 15 is 0 Å². The number of hydrogen-bond acceptors (Lipinski definition) is 1. The number of benzene rings is 2. The lowest BCUT2D eigenvalue weighted by atomic mass is 9.96. The van der Waals surface area contributed by atoms with Gasteiger partial charge in [0.05, 0.1) is 0 Å². The third-order valence-corrected chi connectivity index (χ3v) is 4.02. The summed E-state index contributed by atoms with van der Waals surface area (Å²) >= 11 is 6.33. The fourth-order valence-electron chi connectivity index (χ4n) is 2.48. The molecule has 0 saturated heterocycles. The Labute approximate surface area is 131 Å². The molecule has 0 heterocycles. The maximum Gasteiger partial charge on any atom is 0.126 e. The van der Waals surface area contributed by atoms with Crippen molar-refractivity contribution in [1.82, 2.24) is 5.32 Å². The van der Waals surface area contributed by atoms with Crippen LogP contribution in [0.25, 0.3) is 0 Å². The van der Waals surface area contributed by atoms with Crippen LogP contribution < -0.4 is 5.32 Å². The van der Waals surface area contributed by atoms with Crippen molar-refractivity contribution in [3.05, 3.63) is 69.5 Å². The maximum atomic E-state index is 13.4. The molecular formula is C18H21ClFN. The first-order valence-corrected chi connectivity index (χ1v) is 7.63. The summed E-state index contributed by atoms with van der Waals surface area (Å²) in [7, 11) is 0. The predicted molar refractivity (Wildman–Crippen MR) is 87.4 cm³/mol. The number of likely N-dealkylation sites (N-methyl/N-ethyl adjacent to an activating group) is 1. The molecule has 0 radical (unpaired) electrons. The summed E-state index contributed by atoms with van der Waals surface area (Å²) in [6.45, 7) is 6.74. The standard InChI is InChI=1S/C18H21ClFN/c1-4-21-18(15-7-8-17(20)13(3)10-15)11-14-6-5-12(2)9-16(14)19/h5-10,18,21H,4,11H2,1-3H3. The molecule has 2 rings (SSSR count). The molecule has 0 bridgehead atoms. The number of hydrogen-bond donors (Lipinski definition) is 1. The van der Waals surface area contributed by atoms with E-state index in [4.69, 9.17) is 11.6 Å². The second-order valence-corrected chi connectivity index (χ2v) is 5.83. The Morgan fingerprint density at radius 2 is 1.90 bits per heavy atom. The minimum Gasteiger partial charge on any atom is -0.310 e. The van der Waals surface area contributed by atoms with E-state index in [-0.39, 0.29) is 11.9 Å². The van der Waals surface area contributed by atoms with E-state index in [1.807, 2.05) is 25.1 Å². The third kappa shape index (κ3) is 4.05. The van der Waals surface area contributed by atoms with E-state index in [1.54, 1.807) is 6.92 Å². The predicted octanol–water partition coefficient (Wildman–Crippen LogP) is 4.99. The van der Waals surface area contributed by atoms with Crippen molar-refractivity contribution in [2.45, 2.75) is 33.2 Å². The van der Waals surface area contributed by atoms with Gasteiger partial charge in [0, 0.05) is 11.1 Å². The topological polar surface area (TPSA) is 12.0 Å². The van der Waals surface area contributed by atoms with Crippen LogP contribution in [0.4, 0.5) is 4.39 Å². The van der Waals surface area contributed by atoms with Crippen LogP contribution in [0.1, 0.15) is 35.2 Å². The molecule has 2 aromatic carbocycles. The van der Waals surface area contributed by atoms with E-state index < -0.39 is 0 Å². The van der Waals surface area contributed by atoms with Gasteiger partial charge in [0.1, 0.15) is 5.82 Å². The van der Waals surface area contributed by atoms with E-state index in [2.05, 4.69) is 24.4 Å². The van der Waals surface area contributed by atoms with Gasteiger partial charge in [-0.05, 0) is 61.2 Å². The van der Waals surface area contributed by atoms with Gasteiger partial charge < -0.3 is 5.32 Å². The highest BCUT2D eigenvalue weighted by atomic mass is 35.5. The lowest BCUT2D eigenvalue weighted by Gasteiger charge is -2.20. The highest BCUT2D eigenvalue weighted by Gasteiger charge is 2.14. The fourth-order valence-corrected chi connectivity index (χ4v) is 2.79. The van der Waals surface area contributed by atoms with Crippen molar-refractivity contribution in [2.75, 3.05) is 6.54 Å². The molecule has 0 amide bonds. The molecule has 1 N–H and O–H groups in total. The van der Waals surface area contributed by atoms with Crippen LogP contribution in [-0.4, -0.2) is 6.54 Å². The molecule has 1 unspecified atom stereocenters. The molecule has 0 saturated carbocycles. The van der Waals surface area contributed by atoms with Gasteiger partial charge in [0.25, 0.3) is 0 Å².